The molecule has 0 amide bonds. The van der Waals surface area contributed by atoms with Crippen molar-refractivity contribution in [3.8, 4) is 17.1 Å². The van der Waals surface area contributed by atoms with Crippen LogP contribution in [0.15, 0.2) is 27.8 Å². The molecule has 0 saturated carbocycles. The van der Waals surface area contributed by atoms with E-state index in [1.165, 1.54) is 12.8 Å². The number of fused-ring (bicyclic) bond motifs is 3. The molecular weight excluding hydrogens is 388 g/mol. The van der Waals surface area contributed by atoms with E-state index in [1.54, 1.807) is 11.8 Å². The number of anilines is 1. The fourth-order valence-corrected chi connectivity index (χ4v) is 3.63. The fourth-order valence-electron chi connectivity index (χ4n) is 2.49. The minimum absolute atomic E-state index is 0.124. The molecule has 2 heterocycles. The van der Waals surface area contributed by atoms with Crippen LogP contribution in [0.2, 0.25) is 0 Å². The van der Waals surface area contributed by atoms with Crippen molar-refractivity contribution in [2.45, 2.75) is 50.9 Å². The van der Waals surface area contributed by atoms with Gasteiger partial charge in [0.05, 0.1) is 0 Å². The molecule has 1 aromatic heterocycles. The molecule has 5 nitrogen and oxygen atoms in total. The Labute approximate surface area is 155 Å². The monoisotopic (exact) mass is 408 g/mol. The SMILES string of the molecule is CCCCCSc1nnc2c(n1)O[C@H](CC)Nc1ccc(Br)cc1-2. The Morgan fingerprint density at radius 1 is 1.25 bits per heavy atom. The molecule has 0 radical (unpaired) electrons. The number of aromatic nitrogens is 3. The third-order valence-electron chi connectivity index (χ3n) is 3.79. The van der Waals surface area contributed by atoms with Gasteiger partial charge in [0, 0.05) is 27.9 Å². The van der Waals surface area contributed by atoms with Gasteiger partial charge in [-0.15, -0.1) is 10.2 Å². The van der Waals surface area contributed by atoms with Crippen LogP contribution in [-0.4, -0.2) is 27.2 Å². The van der Waals surface area contributed by atoms with Crippen LogP contribution in [0.3, 0.4) is 0 Å². The van der Waals surface area contributed by atoms with Crippen molar-refractivity contribution >= 4 is 33.4 Å². The number of hydrogen-bond acceptors (Lipinski definition) is 6. The van der Waals surface area contributed by atoms with Gasteiger partial charge in [0.1, 0.15) is 0 Å². The first kappa shape index (κ1) is 17.5. The van der Waals surface area contributed by atoms with Gasteiger partial charge in [0.2, 0.25) is 11.0 Å². The molecule has 1 atom stereocenters. The second-order valence-electron chi connectivity index (χ2n) is 5.65. The number of hydrogen-bond donors (Lipinski definition) is 1. The summed E-state index contributed by atoms with van der Waals surface area (Å²) in [4.78, 5) is 4.61. The minimum Gasteiger partial charge on any atom is -0.452 e. The maximum Gasteiger partial charge on any atom is 0.247 e. The molecule has 1 aromatic carbocycles. The lowest BCUT2D eigenvalue weighted by Gasteiger charge is -2.16. The molecule has 0 spiro atoms. The first-order valence-electron chi connectivity index (χ1n) is 8.32. The van der Waals surface area contributed by atoms with Gasteiger partial charge in [-0.3, -0.25) is 0 Å². The summed E-state index contributed by atoms with van der Waals surface area (Å²) in [5.41, 5.74) is 2.63. The van der Waals surface area contributed by atoms with Crippen LogP contribution in [0.5, 0.6) is 5.88 Å². The Morgan fingerprint density at radius 2 is 2.12 bits per heavy atom. The van der Waals surface area contributed by atoms with Crippen LogP contribution in [0, 0.1) is 0 Å². The van der Waals surface area contributed by atoms with Gasteiger partial charge in [-0.2, -0.15) is 4.98 Å². The molecule has 2 aromatic rings. The van der Waals surface area contributed by atoms with Crippen LogP contribution in [0.25, 0.3) is 11.3 Å². The van der Waals surface area contributed by atoms with Gasteiger partial charge in [0.25, 0.3) is 0 Å². The van der Waals surface area contributed by atoms with Crippen molar-refractivity contribution in [2.24, 2.45) is 0 Å². The van der Waals surface area contributed by atoms with E-state index in [0.29, 0.717) is 16.7 Å². The molecule has 0 fully saturated rings. The number of nitrogens with zero attached hydrogens (tertiary/aromatic N) is 3. The molecule has 3 rings (SSSR count). The Bertz CT molecular complexity index is 713. The van der Waals surface area contributed by atoms with Crippen molar-refractivity contribution in [2.75, 3.05) is 11.1 Å². The Hall–Kier alpha value is -1.34. The smallest absolute Gasteiger partial charge is 0.247 e. The molecule has 7 heteroatoms. The highest BCUT2D eigenvalue weighted by Gasteiger charge is 2.24. The highest BCUT2D eigenvalue weighted by molar-refractivity contribution is 9.10. The molecular formula is C17H21BrN4OS. The van der Waals surface area contributed by atoms with E-state index in [-0.39, 0.29) is 6.23 Å². The molecule has 1 aliphatic heterocycles. The van der Waals surface area contributed by atoms with E-state index in [1.807, 2.05) is 18.2 Å². The molecule has 128 valence electrons. The zero-order chi connectivity index (χ0) is 16.9. The summed E-state index contributed by atoms with van der Waals surface area (Å²) in [6.45, 7) is 4.28. The fraction of sp³-hybridized carbons (Fsp3) is 0.471. The van der Waals surface area contributed by atoms with Crippen molar-refractivity contribution in [1.82, 2.24) is 15.2 Å². The number of ether oxygens (including phenoxy) is 1. The van der Waals surface area contributed by atoms with Crippen LogP contribution < -0.4 is 10.1 Å². The highest BCUT2D eigenvalue weighted by Crippen LogP contribution is 2.38. The summed E-state index contributed by atoms with van der Waals surface area (Å²) < 4.78 is 7.03. The summed E-state index contributed by atoms with van der Waals surface area (Å²) in [7, 11) is 0. The third-order valence-corrected chi connectivity index (χ3v) is 5.21. The van der Waals surface area contributed by atoms with E-state index in [2.05, 4.69) is 50.3 Å². The van der Waals surface area contributed by atoms with E-state index < -0.39 is 0 Å². The molecule has 0 aliphatic carbocycles. The second kappa shape index (κ2) is 8.16. The number of thioether (sulfide) groups is 1. The number of rotatable bonds is 6. The van der Waals surface area contributed by atoms with E-state index >= 15 is 0 Å². The van der Waals surface area contributed by atoms with Gasteiger partial charge in [-0.05, 0) is 24.6 Å². The average molecular weight is 409 g/mol. The largest absolute Gasteiger partial charge is 0.452 e. The van der Waals surface area contributed by atoms with Crippen molar-refractivity contribution in [3.63, 3.8) is 0 Å². The summed E-state index contributed by atoms with van der Waals surface area (Å²) in [5, 5.41) is 12.8. The summed E-state index contributed by atoms with van der Waals surface area (Å²) >= 11 is 5.16. The number of benzene rings is 1. The van der Waals surface area contributed by atoms with Gasteiger partial charge in [-0.25, -0.2) is 0 Å². The number of halogens is 1. The second-order valence-corrected chi connectivity index (χ2v) is 7.63. The van der Waals surface area contributed by atoms with Gasteiger partial charge in [-0.1, -0.05) is 54.4 Å². The highest BCUT2D eigenvalue weighted by atomic mass is 79.9. The van der Waals surface area contributed by atoms with E-state index in [9.17, 15) is 0 Å². The van der Waals surface area contributed by atoms with E-state index in [4.69, 9.17) is 4.74 Å². The van der Waals surface area contributed by atoms with Gasteiger partial charge in [0.15, 0.2) is 11.9 Å². The third kappa shape index (κ3) is 4.00. The Balaban J connectivity index is 1.91. The Kier molecular flexibility index (Phi) is 5.94. The lowest BCUT2D eigenvalue weighted by atomic mass is 10.1. The topological polar surface area (TPSA) is 59.9 Å². The standard InChI is InChI=1S/C17H21BrN4OS/c1-3-5-6-9-24-17-20-16-15(21-22-17)12-10-11(18)7-8-13(12)19-14(4-2)23-16/h7-8,10,14,19H,3-6,9H2,1-2H3/t14-/m1/s1. The van der Waals surface area contributed by atoms with Crippen molar-refractivity contribution < 1.29 is 4.74 Å². The lowest BCUT2D eigenvalue weighted by Crippen LogP contribution is -2.24. The van der Waals surface area contributed by atoms with Crippen molar-refractivity contribution in [1.29, 1.82) is 0 Å². The first-order chi connectivity index (χ1) is 11.7. The molecule has 24 heavy (non-hydrogen) atoms. The number of unbranched alkanes of at least 4 members (excludes halogenated alkanes) is 2. The van der Waals surface area contributed by atoms with Gasteiger partial charge < -0.3 is 10.1 Å². The average Bonchev–Trinajstić information content (AvgIpc) is 2.74. The van der Waals surface area contributed by atoms with Crippen LogP contribution in [0.4, 0.5) is 5.69 Å². The lowest BCUT2D eigenvalue weighted by molar-refractivity contribution is 0.216. The molecule has 1 N–H and O–H groups in total. The number of nitrogens with one attached hydrogen (secondary N) is 1. The zero-order valence-corrected chi connectivity index (χ0v) is 16.3. The van der Waals surface area contributed by atoms with Gasteiger partial charge >= 0.3 is 0 Å². The Morgan fingerprint density at radius 3 is 2.92 bits per heavy atom. The van der Waals surface area contributed by atoms with Crippen LogP contribution in [0.1, 0.15) is 39.5 Å². The van der Waals surface area contributed by atoms with Crippen molar-refractivity contribution in [3.05, 3.63) is 22.7 Å². The quantitative estimate of drug-likeness (QED) is 0.528. The molecule has 0 unspecified atom stereocenters. The normalized spacial score (nSPS) is 15.7. The summed E-state index contributed by atoms with van der Waals surface area (Å²) in [5.74, 6) is 1.56. The van der Waals surface area contributed by atoms with Crippen LogP contribution in [-0.2, 0) is 0 Å². The predicted octanol–water partition coefficient (Wildman–Crippen LogP) is 5.12. The first-order valence-corrected chi connectivity index (χ1v) is 10.1. The molecule has 0 saturated heterocycles. The molecule has 0 bridgehead atoms. The van der Waals surface area contributed by atoms with Crippen LogP contribution >= 0.6 is 27.7 Å². The molecule has 1 aliphatic rings. The summed E-state index contributed by atoms with van der Waals surface area (Å²) in [6.07, 6.45) is 4.31. The predicted molar refractivity (Wildman–Crippen MR) is 102 cm³/mol. The summed E-state index contributed by atoms with van der Waals surface area (Å²) in [6, 6.07) is 6.05. The maximum atomic E-state index is 6.04. The van der Waals surface area contributed by atoms with E-state index in [0.717, 1.165) is 34.3 Å². The maximum absolute atomic E-state index is 6.04. The minimum atomic E-state index is -0.124. The zero-order valence-electron chi connectivity index (χ0n) is 13.9.